The Morgan fingerprint density at radius 2 is 2.16 bits per heavy atom. The number of thiophene rings is 1. The van der Waals surface area contributed by atoms with Gasteiger partial charge in [0, 0.05) is 16.8 Å². The lowest BCUT2D eigenvalue weighted by Crippen LogP contribution is -2.36. The van der Waals surface area contributed by atoms with Crippen LogP contribution in [0.2, 0.25) is 0 Å². The third-order valence-electron chi connectivity index (χ3n) is 4.18. The molecule has 0 saturated heterocycles. The van der Waals surface area contributed by atoms with Gasteiger partial charge in [-0.3, -0.25) is 4.79 Å². The highest BCUT2D eigenvalue weighted by Gasteiger charge is 2.39. The molecule has 0 bridgehead atoms. The van der Waals surface area contributed by atoms with Gasteiger partial charge in [0.05, 0.1) is 11.4 Å². The van der Waals surface area contributed by atoms with E-state index in [4.69, 9.17) is 0 Å². The molecule has 1 fully saturated rings. The standard InChI is InChI=1S/C16H18F3N3O2S/c1-3-9(2)14(23)22(10-4-5-10)8-11-6-7-12(25-11)13-20-15(24-21-13)16(17,18)19/h6-7,9-10H,3-5,8H2,1-2H3. The van der Waals surface area contributed by atoms with Crippen molar-refractivity contribution in [2.24, 2.45) is 5.92 Å². The fraction of sp³-hybridized carbons (Fsp3) is 0.562. The summed E-state index contributed by atoms with van der Waals surface area (Å²) in [5.74, 6) is -1.36. The van der Waals surface area contributed by atoms with Crippen molar-refractivity contribution >= 4 is 17.2 Å². The fourth-order valence-electron chi connectivity index (χ4n) is 2.42. The molecule has 0 radical (unpaired) electrons. The first-order valence-corrected chi connectivity index (χ1v) is 8.91. The third kappa shape index (κ3) is 4.02. The van der Waals surface area contributed by atoms with E-state index in [9.17, 15) is 18.0 Å². The molecule has 1 amide bonds. The first-order valence-electron chi connectivity index (χ1n) is 8.10. The SMILES string of the molecule is CCC(C)C(=O)N(Cc1ccc(-c2noc(C(F)(F)F)n2)s1)C1CC1. The minimum Gasteiger partial charge on any atom is -0.334 e. The zero-order valence-corrected chi connectivity index (χ0v) is 14.7. The average Bonchev–Trinajstić information content (AvgIpc) is 3.09. The lowest BCUT2D eigenvalue weighted by molar-refractivity contribution is -0.159. The zero-order valence-electron chi connectivity index (χ0n) is 13.8. The first-order chi connectivity index (χ1) is 11.8. The predicted molar refractivity (Wildman–Crippen MR) is 85.6 cm³/mol. The monoisotopic (exact) mass is 373 g/mol. The maximum atomic E-state index is 12.6. The molecule has 0 aromatic carbocycles. The van der Waals surface area contributed by atoms with Crippen LogP contribution in [0.4, 0.5) is 13.2 Å². The number of nitrogens with zero attached hydrogens (tertiary/aromatic N) is 3. The van der Waals surface area contributed by atoms with Crippen molar-refractivity contribution in [2.45, 2.75) is 51.9 Å². The Morgan fingerprint density at radius 3 is 2.72 bits per heavy atom. The highest BCUT2D eigenvalue weighted by molar-refractivity contribution is 7.15. The Hall–Kier alpha value is -1.90. The molecule has 136 valence electrons. The van der Waals surface area contributed by atoms with Gasteiger partial charge in [-0.15, -0.1) is 11.3 Å². The summed E-state index contributed by atoms with van der Waals surface area (Å²) in [4.78, 5) is 19.2. The van der Waals surface area contributed by atoms with Gasteiger partial charge in [0.2, 0.25) is 11.7 Å². The minimum atomic E-state index is -4.66. The lowest BCUT2D eigenvalue weighted by atomic mass is 10.1. The van der Waals surface area contributed by atoms with Crippen LogP contribution < -0.4 is 0 Å². The number of carbonyl (C=O) groups excluding carboxylic acids is 1. The second kappa shape index (κ2) is 6.78. The molecule has 25 heavy (non-hydrogen) atoms. The first kappa shape index (κ1) is 17.9. The lowest BCUT2D eigenvalue weighted by Gasteiger charge is -2.24. The van der Waals surface area contributed by atoms with E-state index in [2.05, 4.69) is 14.7 Å². The average molecular weight is 373 g/mol. The summed E-state index contributed by atoms with van der Waals surface area (Å²) in [7, 11) is 0. The van der Waals surface area contributed by atoms with Crippen molar-refractivity contribution in [3.8, 4) is 10.7 Å². The molecule has 1 aliphatic rings. The van der Waals surface area contributed by atoms with E-state index in [1.807, 2.05) is 18.7 Å². The zero-order chi connectivity index (χ0) is 18.2. The molecule has 9 heteroatoms. The highest BCUT2D eigenvalue weighted by atomic mass is 32.1. The number of halogens is 3. The van der Waals surface area contributed by atoms with Gasteiger partial charge in [-0.05, 0) is 31.4 Å². The maximum Gasteiger partial charge on any atom is 0.471 e. The molecular weight excluding hydrogens is 355 g/mol. The van der Waals surface area contributed by atoms with Gasteiger partial charge < -0.3 is 9.42 Å². The predicted octanol–water partition coefficient (Wildman–Crippen LogP) is 4.35. The van der Waals surface area contributed by atoms with Crippen molar-refractivity contribution in [2.75, 3.05) is 0 Å². The highest BCUT2D eigenvalue weighted by Crippen LogP contribution is 2.34. The molecule has 0 aliphatic heterocycles. The van der Waals surface area contributed by atoms with Gasteiger partial charge in [-0.2, -0.15) is 18.2 Å². The molecule has 2 aromatic rings. The summed E-state index contributed by atoms with van der Waals surface area (Å²) in [6, 6.07) is 3.72. The number of hydrogen-bond acceptors (Lipinski definition) is 5. The van der Waals surface area contributed by atoms with Crippen LogP contribution >= 0.6 is 11.3 Å². The Labute approximate surface area is 146 Å². The van der Waals surface area contributed by atoms with Gasteiger partial charge in [-0.25, -0.2) is 0 Å². The van der Waals surface area contributed by atoms with Crippen LogP contribution in [0.15, 0.2) is 16.7 Å². The van der Waals surface area contributed by atoms with Crippen LogP contribution in [-0.4, -0.2) is 27.0 Å². The Morgan fingerprint density at radius 1 is 1.44 bits per heavy atom. The Kier molecular flexibility index (Phi) is 4.86. The van der Waals surface area contributed by atoms with Crippen molar-refractivity contribution < 1.29 is 22.5 Å². The number of hydrogen-bond donors (Lipinski definition) is 0. The second-order valence-corrected chi connectivity index (χ2v) is 7.36. The summed E-state index contributed by atoms with van der Waals surface area (Å²) in [6.45, 7) is 4.35. The van der Waals surface area contributed by atoms with Gasteiger partial charge in [0.1, 0.15) is 0 Å². The van der Waals surface area contributed by atoms with E-state index in [0.717, 1.165) is 24.1 Å². The molecule has 2 aromatic heterocycles. The van der Waals surface area contributed by atoms with E-state index in [1.165, 1.54) is 11.3 Å². The number of alkyl halides is 3. The van der Waals surface area contributed by atoms with Crippen molar-refractivity contribution in [1.29, 1.82) is 0 Å². The van der Waals surface area contributed by atoms with Gasteiger partial charge in [-0.1, -0.05) is 19.0 Å². The number of aromatic nitrogens is 2. The summed E-state index contributed by atoms with van der Waals surface area (Å²) in [6.07, 6.45) is -1.88. The van der Waals surface area contributed by atoms with Gasteiger partial charge in [0.15, 0.2) is 0 Å². The molecule has 1 aliphatic carbocycles. The van der Waals surface area contributed by atoms with Crippen LogP contribution in [-0.2, 0) is 17.5 Å². The van der Waals surface area contributed by atoms with Gasteiger partial charge >= 0.3 is 12.1 Å². The van der Waals surface area contributed by atoms with Crippen LogP contribution in [0.25, 0.3) is 10.7 Å². The number of rotatable bonds is 6. The molecule has 0 spiro atoms. The van der Waals surface area contributed by atoms with Gasteiger partial charge in [0.25, 0.3) is 0 Å². The third-order valence-corrected chi connectivity index (χ3v) is 5.25. The van der Waals surface area contributed by atoms with E-state index < -0.39 is 12.1 Å². The van der Waals surface area contributed by atoms with E-state index >= 15 is 0 Å². The van der Waals surface area contributed by atoms with E-state index in [-0.39, 0.29) is 23.7 Å². The molecule has 1 saturated carbocycles. The number of amides is 1. The summed E-state index contributed by atoms with van der Waals surface area (Å²) in [5, 5.41) is 3.39. The minimum absolute atomic E-state index is 0.0356. The molecule has 1 unspecified atom stereocenters. The normalized spacial score (nSPS) is 16.0. The molecule has 1 atom stereocenters. The van der Waals surface area contributed by atoms with Crippen molar-refractivity contribution in [1.82, 2.24) is 15.0 Å². The van der Waals surface area contributed by atoms with Crippen LogP contribution in [0.1, 0.15) is 43.9 Å². The molecular formula is C16H18F3N3O2S. The molecule has 3 rings (SSSR count). The fourth-order valence-corrected chi connectivity index (χ4v) is 3.35. The smallest absolute Gasteiger partial charge is 0.334 e. The summed E-state index contributed by atoms with van der Waals surface area (Å²) in [5.41, 5.74) is 0. The van der Waals surface area contributed by atoms with Crippen molar-refractivity contribution in [3.63, 3.8) is 0 Å². The van der Waals surface area contributed by atoms with Crippen LogP contribution in [0.5, 0.6) is 0 Å². The molecule has 5 nitrogen and oxygen atoms in total. The van der Waals surface area contributed by atoms with Crippen molar-refractivity contribution in [3.05, 3.63) is 22.9 Å². The maximum absolute atomic E-state index is 12.6. The van der Waals surface area contributed by atoms with Crippen LogP contribution in [0, 0.1) is 5.92 Å². The summed E-state index contributed by atoms with van der Waals surface area (Å²) < 4.78 is 41.9. The second-order valence-electron chi connectivity index (χ2n) is 6.19. The Balaban J connectivity index is 1.74. The molecule has 0 N–H and O–H groups in total. The topological polar surface area (TPSA) is 59.2 Å². The molecule has 2 heterocycles. The largest absolute Gasteiger partial charge is 0.471 e. The van der Waals surface area contributed by atoms with E-state index in [0.29, 0.717) is 11.4 Å². The summed E-state index contributed by atoms with van der Waals surface area (Å²) >= 11 is 1.27. The number of carbonyl (C=O) groups is 1. The van der Waals surface area contributed by atoms with Crippen LogP contribution in [0.3, 0.4) is 0 Å². The van der Waals surface area contributed by atoms with E-state index in [1.54, 1.807) is 12.1 Å². The quantitative estimate of drug-likeness (QED) is 0.755. The Bertz CT molecular complexity index is 752.